The molecule has 192 valence electrons. The predicted molar refractivity (Wildman–Crippen MR) is 146 cm³/mol. The van der Waals surface area contributed by atoms with Crippen LogP contribution in [0.1, 0.15) is 47.2 Å². The molecule has 0 radical (unpaired) electrons. The zero-order chi connectivity index (χ0) is 25.5. The Balaban J connectivity index is 1.17. The molecule has 1 saturated heterocycles. The number of carbonyl (C=O) groups is 1. The van der Waals surface area contributed by atoms with E-state index in [1.54, 1.807) is 30.1 Å². The summed E-state index contributed by atoms with van der Waals surface area (Å²) in [4.78, 5) is 24.1. The summed E-state index contributed by atoms with van der Waals surface area (Å²) in [5.41, 5.74) is 4.62. The number of thioether (sulfide) groups is 1. The number of fused-ring (bicyclic) bond motifs is 1. The number of nitrogens with zero attached hydrogens (tertiary/aromatic N) is 4. The van der Waals surface area contributed by atoms with Crippen molar-refractivity contribution in [3.63, 3.8) is 0 Å². The molecular weight excluding hydrogens is 485 g/mol. The smallest absolute Gasteiger partial charge is 0.251 e. The number of pyridine rings is 1. The molecule has 5 rings (SSSR count). The Morgan fingerprint density at radius 3 is 2.51 bits per heavy atom. The van der Waals surface area contributed by atoms with Crippen LogP contribution in [0.3, 0.4) is 0 Å². The van der Waals surface area contributed by atoms with Gasteiger partial charge in [-0.1, -0.05) is 42.4 Å². The van der Waals surface area contributed by atoms with Crippen LogP contribution < -0.4 is 5.32 Å². The van der Waals surface area contributed by atoms with Crippen LogP contribution in [-0.2, 0) is 12.3 Å². The maximum absolute atomic E-state index is 13.4. The molecule has 0 atom stereocenters. The summed E-state index contributed by atoms with van der Waals surface area (Å²) < 4.78 is 15.5. The highest BCUT2D eigenvalue weighted by molar-refractivity contribution is 7.98. The molecule has 2 aromatic carbocycles. The summed E-state index contributed by atoms with van der Waals surface area (Å²) in [5.74, 6) is 0.453. The average molecular weight is 518 g/mol. The Morgan fingerprint density at radius 1 is 0.973 bits per heavy atom. The average Bonchev–Trinajstić information content (AvgIpc) is 3.29. The highest BCUT2D eigenvalue weighted by Crippen LogP contribution is 2.27. The number of nitrogens with one attached hydrogen (secondary N) is 1. The maximum Gasteiger partial charge on any atom is 0.251 e. The monoisotopic (exact) mass is 517 g/mol. The van der Waals surface area contributed by atoms with E-state index in [1.165, 1.54) is 44.5 Å². The van der Waals surface area contributed by atoms with Gasteiger partial charge >= 0.3 is 0 Å². The summed E-state index contributed by atoms with van der Waals surface area (Å²) >= 11 is 1.64. The number of carbonyl (C=O) groups excluding carboxylic acids is 1. The SMILES string of the molecule is O=C(NCCCN1CCCCC1)c1ccc(CSc2nc3ccncc3n2Cc2ccc(F)cc2)cc1. The number of aromatic nitrogens is 3. The Morgan fingerprint density at radius 2 is 1.73 bits per heavy atom. The van der Waals surface area contributed by atoms with Gasteiger partial charge in [0.25, 0.3) is 5.91 Å². The molecule has 1 aliphatic rings. The normalized spacial score (nSPS) is 14.2. The van der Waals surface area contributed by atoms with E-state index in [2.05, 4.69) is 19.8 Å². The molecular formula is C29H32FN5OS. The standard InChI is InChI=1S/C29H32FN5OS/c30-25-11-7-22(8-12-25)20-35-27-19-31-15-13-26(27)33-29(35)37-21-23-5-9-24(10-6-23)28(36)32-14-4-18-34-16-2-1-3-17-34/h5-13,15,19H,1-4,14,16-18,20-21H2,(H,32,36). The third-order valence-electron chi connectivity index (χ3n) is 6.74. The zero-order valence-electron chi connectivity index (χ0n) is 20.9. The predicted octanol–water partition coefficient (Wildman–Crippen LogP) is 5.52. The van der Waals surface area contributed by atoms with Gasteiger partial charge in [-0.2, -0.15) is 0 Å². The van der Waals surface area contributed by atoms with Crippen LogP contribution in [-0.4, -0.2) is 51.5 Å². The molecule has 0 saturated carbocycles. The Labute approximate surface area is 221 Å². The molecule has 2 aromatic heterocycles. The molecule has 0 unspecified atom stereocenters. The number of amides is 1. The molecule has 3 heterocycles. The second kappa shape index (κ2) is 12.3. The highest BCUT2D eigenvalue weighted by atomic mass is 32.2. The molecule has 8 heteroatoms. The van der Waals surface area contributed by atoms with Crippen LogP contribution >= 0.6 is 11.8 Å². The lowest BCUT2D eigenvalue weighted by atomic mass is 10.1. The van der Waals surface area contributed by atoms with Gasteiger partial charge in [-0.05, 0) is 80.4 Å². The van der Waals surface area contributed by atoms with Gasteiger partial charge in [-0.25, -0.2) is 9.37 Å². The summed E-state index contributed by atoms with van der Waals surface area (Å²) in [5, 5.41) is 3.93. The van der Waals surface area contributed by atoms with Gasteiger partial charge in [-0.15, -0.1) is 0 Å². The van der Waals surface area contributed by atoms with E-state index in [0.29, 0.717) is 18.7 Å². The molecule has 0 aliphatic carbocycles. The number of rotatable bonds is 10. The molecule has 6 nitrogen and oxygen atoms in total. The van der Waals surface area contributed by atoms with Crippen molar-refractivity contribution in [2.75, 3.05) is 26.2 Å². The van der Waals surface area contributed by atoms with Crippen LogP contribution in [0.25, 0.3) is 11.0 Å². The van der Waals surface area contributed by atoms with Crippen molar-refractivity contribution >= 4 is 28.7 Å². The quantitative estimate of drug-likeness (QED) is 0.222. The number of likely N-dealkylation sites (tertiary alicyclic amines) is 1. The number of hydrogen-bond donors (Lipinski definition) is 1. The Hall–Kier alpha value is -3.23. The molecule has 37 heavy (non-hydrogen) atoms. The van der Waals surface area contributed by atoms with E-state index in [9.17, 15) is 9.18 Å². The number of hydrogen-bond acceptors (Lipinski definition) is 5. The van der Waals surface area contributed by atoms with Crippen molar-refractivity contribution < 1.29 is 9.18 Å². The van der Waals surface area contributed by atoms with Gasteiger partial charge in [-0.3, -0.25) is 9.78 Å². The van der Waals surface area contributed by atoms with Gasteiger partial charge in [0.1, 0.15) is 5.82 Å². The van der Waals surface area contributed by atoms with E-state index in [-0.39, 0.29) is 11.7 Å². The van der Waals surface area contributed by atoms with Gasteiger partial charge in [0.05, 0.1) is 23.8 Å². The lowest BCUT2D eigenvalue weighted by molar-refractivity contribution is 0.0951. The van der Waals surface area contributed by atoms with Gasteiger partial charge in [0.2, 0.25) is 0 Å². The van der Waals surface area contributed by atoms with Crippen molar-refractivity contribution in [2.45, 2.75) is 43.1 Å². The lowest BCUT2D eigenvalue weighted by Gasteiger charge is -2.26. The molecule has 1 N–H and O–H groups in total. The van der Waals surface area contributed by atoms with E-state index >= 15 is 0 Å². The first-order valence-electron chi connectivity index (χ1n) is 12.9. The van der Waals surface area contributed by atoms with E-state index in [1.807, 2.05) is 36.5 Å². The van der Waals surface area contributed by atoms with Crippen molar-refractivity contribution in [2.24, 2.45) is 0 Å². The molecule has 0 spiro atoms. The summed E-state index contributed by atoms with van der Waals surface area (Å²) in [6.45, 7) is 4.71. The minimum atomic E-state index is -0.245. The minimum Gasteiger partial charge on any atom is -0.352 e. The summed E-state index contributed by atoms with van der Waals surface area (Å²) in [7, 11) is 0. The van der Waals surface area contributed by atoms with Crippen molar-refractivity contribution in [3.8, 4) is 0 Å². The van der Waals surface area contributed by atoms with Crippen LogP contribution in [0.15, 0.2) is 72.1 Å². The lowest BCUT2D eigenvalue weighted by Crippen LogP contribution is -2.33. The highest BCUT2D eigenvalue weighted by Gasteiger charge is 2.13. The molecule has 4 aromatic rings. The van der Waals surface area contributed by atoms with Crippen molar-refractivity contribution in [1.82, 2.24) is 24.8 Å². The summed E-state index contributed by atoms with van der Waals surface area (Å²) in [6.07, 6.45) is 8.46. The van der Waals surface area contributed by atoms with E-state index < -0.39 is 0 Å². The Bertz CT molecular complexity index is 1320. The van der Waals surface area contributed by atoms with Gasteiger partial charge in [0, 0.05) is 24.1 Å². The first-order valence-corrected chi connectivity index (χ1v) is 13.9. The molecule has 1 fully saturated rings. The number of benzene rings is 2. The van der Waals surface area contributed by atoms with Gasteiger partial charge in [0.15, 0.2) is 5.16 Å². The van der Waals surface area contributed by atoms with Crippen molar-refractivity contribution in [3.05, 3.63) is 89.5 Å². The van der Waals surface area contributed by atoms with Gasteiger partial charge < -0.3 is 14.8 Å². The van der Waals surface area contributed by atoms with Crippen LogP contribution in [0.2, 0.25) is 0 Å². The third-order valence-corrected chi connectivity index (χ3v) is 7.79. The first-order chi connectivity index (χ1) is 18.2. The topological polar surface area (TPSA) is 63.1 Å². The van der Waals surface area contributed by atoms with E-state index in [0.717, 1.165) is 46.0 Å². The fourth-order valence-electron chi connectivity index (χ4n) is 4.67. The van der Waals surface area contributed by atoms with Crippen LogP contribution in [0, 0.1) is 5.82 Å². The fraction of sp³-hybridized carbons (Fsp3) is 0.345. The minimum absolute atomic E-state index is 0.0218. The largest absolute Gasteiger partial charge is 0.352 e. The zero-order valence-corrected chi connectivity index (χ0v) is 21.7. The second-order valence-electron chi connectivity index (χ2n) is 9.47. The third kappa shape index (κ3) is 6.76. The molecule has 1 amide bonds. The van der Waals surface area contributed by atoms with E-state index in [4.69, 9.17) is 4.98 Å². The number of piperidine rings is 1. The number of imidazole rings is 1. The van der Waals surface area contributed by atoms with Crippen LogP contribution in [0.4, 0.5) is 4.39 Å². The molecule has 1 aliphatic heterocycles. The van der Waals surface area contributed by atoms with Crippen molar-refractivity contribution in [1.29, 1.82) is 0 Å². The second-order valence-corrected chi connectivity index (χ2v) is 10.4. The number of halogens is 1. The summed E-state index contributed by atoms with van der Waals surface area (Å²) in [6, 6.07) is 16.2. The Kier molecular flexibility index (Phi) is 8.48. The van der Waals surface area contributed by atoms with Crippen LogP contribution in [0.5, 0.6) is 0 Å². The fourth-order valence-corrected chi connectivity index (χ4v) is 5.64. The first kappa shape index (κ1) is 25.4. The maximum atomic E-state index is 13.4. The molecule has 0 bridgehead atoms.